The highest BCUT2D eigenvalue weighted by molar-refractivity contribution is 6.80. The minimum absolute atomic E-state index is 0.218. The van der Waals surface area contributed by atoms with Crippen LogP contribution in [0, 0.1) is 0 Å². The maximum absolute atomic E-state index is 11.5. The first-order valence-electron chi connectivity index (χ1n) is 9.96. The smallest absolute Gasteiger partial charge is 0.462 e. The molecule has 0 unspecified atom stereocenters. The van der Waals surface area contributed by atoms with Crippen molar-refractivity contribution in [3.63, 3.8) is 0 Å². The maximum atomic E-state index is 11.5. The molecule has 0 aromatic heterocycles. The van der Waals surface area contributed by atoms with Gasteiger partial charge in [0.05, 0.1) is 13.2 Å². The molecule has 0 aromatic carbocycles. The molecule has 0 heterocycles. The van der Waals surface area contributed by atoms with Crippen molar-refractivity contribution in [3.8, 4) is 0 Å². The molecule has 12 heteroatoms. The Balaban J connectivity index is 4.72. The lowest BCUT2D eigenvalue weighted by Gasteiger charge is -2.35. The predicted octanol–water partition coefficient (Wildman–Crippen LogP) is 3.11. The van der Waals surface area contributed by atoms with Crippen LogP contribution in [0.1, 0.15) is 26.7 Å². The van der Waals surface area contributed by atoms with E-state index in [1.165, 1.54) is 14.2 Å². The SMILES string of the molecule is C=C(C)C(=O)OCCC[Si](OC)O[Si](C)(C)O[Si](CCCOC(=O)C(=C)C)(OC)OC. The summed E-state index contributed by atoms with van der Waals surface area (Å²) < 4.78 is 39.5. The molecule has 0 atom stereocenters. The van der Waals surface area contributed by atoms with Crippen LogP contribution in [-0.4, -0.2) is 73.1 Å². The van der Waals surface area contributed by atoms with E-state index < -0.39 is 38.6 Å². The Morgan fingerprint density at radius 3 is 1.77 bits per heavy atom. The van der Waals surface area contributed by atoms with Crippen molar-refractivity contribution in [1.82, 2.24) is 0 Å². The number of ether oxygens (including phenoxy) is 2. The first-order chi connectivity index (χ1) is 14.4. The van der Waals surface area contributed by atoms with E-state index in [9.17, 15) is 9.59 Å². The molecule has 179 valence electrons. The van der Waals surface area contributed by atoms with Gasteiger partial charge in [0.1, 0.15) is 0 Å². The fourth-order valence-electron chi connectivity index (χ4n) is 2.37. The van der Waals surface area contributed by atoms with E-state index in [0.717, 1.165) is 0 Å². The average molecular weight is 494 g/mol. The Labute approximate surface area is 190 Å². The van der Waals surface area contributed by atoms with E-state index in [0.29, 0.717) is 36.1 Å². The Morgan fingerprint density at radius 1 is 0.871 bits per heavy atom. The summed E-state index contributed by atoms with van der Waals surface area (Å²) in [7, 11) is -2.66. The van der Waals surface area contributed by atoms with Gasteiger partial charge in [0.2, 0.25) is 0 Å². The minimum Gasteiger partial charge on any atom is -0.462 e. The Kier molecular flexibility index (Phi) is 14.3. The highest BCUT2D eigenvalue weighted by atomic mass is 28.5. The second-order valence-corrected chi connectivity index (χ2v) is 16.1. The summed E-state index contributed by atoms with van der Waals surface area (Å²) in [5, 5.41) is 0. The topological polar surface area (TPSA) is 98.8 Å². The molecule has 0 aliphatic rings. The lowest BCUT2D eigenvalue weighted by atomic mass is 10.4. The summed E-state index contributed by atoms with van der Waals surface area (Å²) in [5.41, 5.74) is 0.717. The van der Waals surface area contributed by atoms with Gasteiger partial charge in [-0.2, -0.15) is 0 Å². The molecule has 0 rings (SSSR count). The van der Waals surface area contributed by atoms with Crippen molar-refractivity contribution in [2.45, 2.75) is 51.9 Å². The van der Waals surface area contributed by atoms with Crippen LogP contribution < -0.4 is 0 Å². The van der Waals surface area contributed by atoms with Crippen LogP contribution >= 0.6 is 0 Å². The van der Waals surface area contributed by atoms with E-state index >= 15 is 0 Å². The van der Waals surface area contributed by atoms with Crippen LogP contribution in [0.25, 0.3) is 0 Å². The zero-order valence-corrected chi connectivity index (χ0v) is 22.8. The van der Waals surface area contributed by atoms with Crippen LogP contribution in [0.15, 0.2) is 24.3 Å². The molecule has 9 nitrogen and oxygen atoms in total. The molecule has 0 aliphatic carbocycles. The highest BCUT2D eigenvalue weighted by Gasteiger charge is 2.46. The normalized spacial score (nSPS) is 12.0. The second-order valence-electron chi connectivity index (χ2n) is 7.31. The number of esters is 2. The fourth-order valence-corrected chi connectivity index (χ4v) is 11.7. The van der Waals surface area contributed by atoms with Gasteiger partial charge in [-0.25, -0.2) is 9.59 Å². The molecular weight excluding hydrogens is 456 g/mol. The van der Waals surface area contributed by atoms with Crippen LogP contribution in [0.5, 0.6) is 0 Å². The largest absolute Gasteiger partial charge is 0.491 e. The van der Waals surface area contributed by atoms with Crippen molar-refractivity contribution in [2.75, 3.05) is 34.5 Å². The molecule has 0 amide bonds. The van der Waals surface area contributed by atoms with Crippen molar-refractivity contribution in [2.24, 2.45) is 0 Å². The highest BCUT2D eigenvalue weighted by Crippen LogP contribution is 2.24. The number of hydrogen-bond donors (Lipinski definition) is 0. The molecule has 0 aliphatic heterocycles. The average Bonchev–Trinajstić information content (AvgIpc) is 2.71. The third-order valence-corrected chi connectivity index (χ3v) is 13.4. The first-order valence-corrected chi connectivity index (χ1v) is 16.2. The van der Waals surface area contributed by atoms with Crippen molar-refractivity contribution >= 4 is 38.6 Å². The van der Waals surface area contributed by atoms with E-state index in [4.69, 9.17) is 31.0 Å². The zero-order valence-electron chi connectivity index (χ0n) is 19.8. The van der Waals surface area contributed by atoms with Gasteiger partial charge in [-0.3, -0.25) is 0 Å². The zero-order chi connectivity index (χ0) is 24.1. The van der Waals surface area contributed by atoms with E-state index in [-0.39, 0.29) is 13.2 Å². The molecule has 0 saturated carbocycles. The molecule has 31 heavy (non-hydrogen) atoms. The molecule has 0 aromatic rings. The van der Waals surface area contributed by atoms with Gasteiger partial charge in [0, 0.05) is 38.5 Å². The maximum Gasteiger partial charge on any atom is 0.491 e. The third-order valence-electron chi connectivity index (χ3n) is 3.93. The lowest BCUT2D eigenvalue weighted by molar-refractivity contribution is -0.139. The van der Waals surface area contributed by atoms with Gasteiger partial charge in [0.25, 0.3) is 0 Å². The van der Waals surface area contributed by atoms with E-state index in [2.05, 4.69) is 13.2 Å². The van der Waals surface area contributed by atoms with Gasteiger partial charge >= 0.3 is 38.6 Å². The van der Waals surface area contributed by atoms with E-state index in [1.807, 2.05) is 13.1 Å². The van der Waals surface area contributed by atoms with Crippen molar-refractivity contribution in [3.05, 3.63) is 24.3 Å². The summed E-state index contributed by atoms with van der Waals surface area (Å²) in [6, 6.07) is 1.09. The molecule has 0 bridgehead atoms. The second kappa shape index (κ2) is 14.8. The molecule has 0 saturated heterocycles. The molecular formula is C19H37O9Si3. The Morgan fingerprint density at radius 2 is 1.35 bits per heavy atom. The van der Waals surface area contributed by atoms with Crippen molar-refractivity contribution < 1.29 is 40.6 Å². The van der Waals surface area contributed by atoms with Gasteiger partial charge < -0.3 is 31.0 Å². The monoisotopic (exact) mass is 493 g/mol. The number of carbonyl (C=O) groups is 2. The standard InChI is InChI=1S/C19H37O9Si3/c1-16(2)18(20)25-12-10-14-29(22-5)27-30(8,9)28-31(23-6,24-7)15-11-13-26-19(21)17(3)4/h1,3,10-15H2,2,4-9H3. The summed E-state index contributed by atoms with van der Waals surface area (Å²) in [6.07, 6.45) is 1.13. The van der Waals surface area contributed by atoms with Crippen LogP contribution in [-0.2, 0) is 40.6 Å². The van der Waals surface area contributed by atoms with Crippen LogP contribution in [0.3, 0.4) is 0 Å². The predicted molar refractivity (Wildman–Crippen MR) is 123 cm³/mol. The fraction of sp³-hybridized carbons (Fsp3) is 0.684. The summed E-state index contributed by atoms with van der Waals surface area (Å²) in [5.74, 6) is -0.836. The molecule has 0 spiro atoms. The minimum atomic E-state index is -3.02. The Bertz CT molecular complexity index is 606. The molecule has 0 fully saturated rings. The van der Waals surface area contributed by atoms with E-state index in [1.54, 1.807) is 21.0 Å². The number of hydrogen-bond acceptors (Lipinski definition) is 9. The van der Waals surface area contributed by atoms with Gasteiger partial charge in [-0.05, 0) is 45.8 Å². The lowest BCUT2D eigenvalue weighted by Crippen LogP contribution is -2.55. The summed E-state index contributed by atoms with van der Waals surface area (Å²) >= 11 is 0. The van der Waals surface area contributed by atoms with Crippen LogP contribution in [0.4, 0.5) is 0 Å². The summed E-state index contributed by atoms with van der Waals surface area (Å²) in [6.45, 7) is 14.6. The van der Waals surface area contributed by atoms with Crippen molar-refractivity contribution in [1.29, 1.82) is 0 Å². The van der Waals surface area contributed by atoms with Gasteiger partial charge in [-0.1, -0.05) is 13.2 Å². The summed E-state index contributed by atoms with van der Waals surface area (Å²) in [4.78, 5) is 23.0. The Hall–Kier alpha value is -1.13. The van der Waals surface area contributed by atoms with Gasteiger partial charge in [-0.15, -0.1) is 0 Å². The van der Waals surface area contributed by atoms with Crippen LogP contribution in [0.2, 0.25) is 25.2 Å². The third kappa shape index (κ3) is 12.5. The molecule has 1 radical (unpaired) electrons. The quantitative estimate of drug-likeness (QED) is 0.131. The van der Waals surface area contributed by atoms with Gasteiger partial charge in [0.15, 0.2) is 0 Å². The first kappa shape index (κ1) is 29.9. The number of rotatable bonds is 17. The number of carbonyl (C=O) groups excluding carboxylic acids is 2. The molecule has 0 N–H and O–H groups in total.